The van der Waals surface area contributed by atoms with Gasteiger partial charge in [-0.25, -0.2) is 9.79 Å². The third-order valence-corrected chi connectivity index (χ3v) is 7.02. The number of rotatable bonds is 4. The van der Waals surface area contributed by atoms with E-state index in [-0.39, 0.29) is 19.0 Å². The smallest absolute Gasteiger partial charge is 0.338 e. The first-order valence-corrected chi connectivity index (χ1v) is 12.0. The van der Waals surface area contributed by atoms with Crippen molar-refractivity contribution < 1.29 is 19.0 Å². The summed E-state index contributed by atoms with van der Waals surface area (Å²) in [5.41, 5.74) is 1.81. The van der Waals surface area contributed by atoms with Gasteiger partial charge in [-0.15, -0.1) is 0 Å². The lowest BCUT2D eigenvalue weighted by molar-refractivity contribution is -0.139. The highest BCUT2D eigenvalue weighted by molar-refractivity contribution is 7.07. The highest BCUT2D eigenvalue weighted by Gasteiger charge is 2.34. The second-order valence-electron chi connectivity index (χ2n) is 7.58. The van der Waals surface area contributed by atoms with Crippen molar-refractivity contribution in [2.75, 3.05) is 13.4 Å². The van der Waals surface area contributed by atoms with Crippen LogP contribution < -0.4 is 24.4 Å². The Morgan fingerprint density at radius 2 is 2.03 bits per heavy atom. The van der Waals surface area contributed by atoms with Crippen molar-refractivity contribution in [2.24, 2.45) is 4.99 Å². The molecule has 2 aliphatic heterocycles. The van der Waals surface area contributed by atoms with Gasteiger partial charge < -0.3 is 14.2 Å². The maximum atomic E-state index is 13.6. The molecular weight excluding hydrogens is 499 g/mol. The molecule has 5 rings (SSSR count). The number of nitrogens with zero attached hydrogens (tertiary/aromatic N) is 2. The second kappa shape index (κ2) is 8.94. The number of carbonyl (C=O) groups is 1. The van der Waals surface area contributed by atoms with Crippen molar-refractivity contribution in [1.82, 2.24) is 4.57 Å². The fraction of sp³-hybridized carbons (Fsp3) is 0.208. The normalized spacial score (nSPS) is 16.9. The van der Waals surface area contributed by atoms with E-state index in [0.29, 0.717) is 53.3 Å². The Bertz CT molecular complexity index is 1540. The molecule has 0 aliphatic carbocycles. The molecule has 0 N–H and O–H groups in total. The second-order valence-corrected chi connectivity index (χ2v) is 9.43. The van der Waals surface area contributed by atoms with Crippen LogP contribution in [0.15, 0.2) is 57.5 Å². The number of ether oxygens (including phenoxy) is 3. The van der Waals surface area contributed by atoms with Crippen molar-refractivity contribution >= 4 is 46.6 Å². The van der Waals surface area contributed by atoms with Crippen LogP contribution in [0.5, 0.6) is 11.5 Å². The van der Waals surface area contributed by atoms with Gasteiger partial charge in [0.15, 0.2) is 16.3 Å². The largest absolute Gasteiger partial charge is 0.463 e. The summed E-state index contributed by atoms with van der Waals surface area (Å²) in [5, 5.41) is 0.926. The zero-order valence-corrected chi connectivity index (χ0v) is 20.5. The molecular formula is C24H18Cl2N2O5S. The van der Waals surface area contributed by atoms with Gasteiger partial charge in [0.1, 0.15) is 0 Å². The van der Waals surface area contributed by atoms with Crippen molar-refractivity contribution in [1.29, 1.82) is 0 Å². The Morgan fingerprint density at radius 1 is 1.24 bits per heavy atom. The van der Waals surface area contributed by atoms with Crippen LogP contribution in [0, 0.1) is 0 Å². The van der Waals surface area contributed by atoms with Crippen molar-refractivity contribution in [2.45, 2.75) is 19.9 Å². The predicted octanol–water partition coefficient (Wildman–Crippen LogP) is 3.83. The number of allylic oxidation sites excluding steroid dienone is 1. The lowest BCUT2D eigenvalue weighted by atomic mass is 9.95. The third-order valence-electron chi connectivity index (χ3n) is 5.48. The van der Waals surface area contributed by atoms with Crippen LogP contribution in [0.4, 0.5) is 0 Å². The van der Waals surface area contributed by atoms with Crippen LogP contribution >= 0.6 is 34.5 Å². The number of hydrogen-bond acceptors (Lipinski definition) is 7. The highest BCUT2D eigenvalue weighted by Crippen LogP contribution is 2.38. The number of fused-ring (bicyclic) bond motifs is 2. The minimum Gasteiger partial charge on any atom is -0.463 e. The molecule has 2 aromatic carbocycles. The average Bonchev–Trinajstić information content (AvgIpc) is 3.38. The lowest BCUT2D eigenvalue weighted by Gasteiger charge is -2.24. The zero-order chi connectivity index (χ0) is 24.0. The van der Waals surface area contributed by atoms with E-state index in [9.17, 15) is 9.59 Å². The van der Waals surface area contributed by atoms with E-state index in [1.807, 2.05) is 6.07 Å². The Hall–Kier alpha value is -3.07. The van der Waals surface area contributed by atoms with Gasteiger partial charge in [0.25, 0.3) is 5.56 Å². The van der Waals surface area contributed by atoms with Crippen molar-refractivity contribution in [3.63, 3.8) is 0 Å². The third kappa shape index (κ3) is 3.91. The molecule has 0 fully saturated rings. The number of thiazole rings is 1. The number of benzene rings is 2. The minimum atomic E-state index is -0.743. The molecule has 0 radical (unpaired) electrons. The molecule has 10 heteroatoms. The van der Waals surface area contributed by atoms with E-state index < -0.39 is 12.0 Å². The summed E-state index contributed by atoms with van der Waals surface area (Å²) < 4.78 is 18.2. The van der Waals surface area contributed by atoms with Gasteiger partial charge in [0.05, 0.1) is 28.5 Å². The molecule has 3 aromatic rings. The Morgan fingerprint density at radius 3 is 2.79 bits per heavy atom. The molecule has 174 valence electrons. The fourth-order valence-electron chi connectivity index (χ4n) is 3.95. The molecule has 0 saturated carbocycles. The summed E-state index contributed by atoms with van der Waals surface area (Å²) in [6, 6.07) is 9.67. The Balaban J connectivity index is 1.73. The van der Waals surface area contributed by atoms with E-state index >= 15 is 0 Å². The quantitative estimate of drug-likeness (QED) is 0.492. The van der Waals surface area contributed by atoms with Crippen LogP contribution in [0.3, 0.4) is 0 Å². The summed E-state index contributed by atoms with van der Waals surface area (Å²) in [6.45, 7) is 3.78. The molecule has 7 nitrogen and oxygen atoms in total. The number of esters is 1. The summed E-state index contributed by atoms with van der Waals surface area (Å²) >= 11 is 13.5. The van der Waals surface area contributed by atoms with Crippen molar-refractivity contribution in [3.05, 3.63) is 88.5 Å². The molecule has 1 atom stereocenters. The average molecular weight is 517 g/mol. The molecule has 0 bridgehead atoms. The van der Waals surface area contributed by atoms with Gasteiger partial charge in [0, 0.05) is 10.0 Å². The molecule has 1 aromatic heterocycles. The molecule has 3 heterocycles. The van der Waals surface area contributed by atoms with E-state index in [0.717, 1.165) is 0 Å². The van der Waals surface area contributed by atoms with Gasteiger partial charge in [-0.2, -0.15) is 0 Å². The SMILES string of the molecule is CCOC(=O)C1=C(C)N=c2s/c(=C\c3ccc(Cl)cc3Cl)c(=O)n2C1c1ccc2c(c1)OCO2. The number of carbonyl (C=O) groups excluding carboxylic acids is 1. The first kappa shape index (κ1) is 22.7. The first-order chi connectivity index (χ1) is 16.4. The van der Waals surface area contributed by atoms with Crippen LogP contribution in [-0.4, -0.2) is 23.9 Å². The van der Waals surface area contributed by atoms with Gasteiger partial charge in [-0.05, 0) is 55.3 Å². The number of aromatic nitrogens is 1. The Labute approximate surface area is 208 Å². The molecule has 2 aliphatic rings. The standard InChI is InChI=1S/C24H18Cl2N2O5S/c1-3-31-23(30)20-12(2)27-24-28(21(20)14-5-7-17-18(8-14)33-11-32-17)22(29)19(34-24)9-13-4-6-15(25)10-16(13)26/h4-10,21H,3,11H2,1-2H3/b19-9-. The summed E-state index contributed by atoms with van der Waals surface area (Å²) in [5.74, 6) is 0.624. The summed E-state index contributed by atoms with van der Waals surface area (Å²) in [4.78, 5) is 31.6. The van der Waals surface area contributed by atoms with E-state index in [2.05, 4.69) is 4.99 Å². The topological polar surface area (TPSA) is 79.1 Å². The highest BCUT2D eigenvalue weighted by atomic mass is 35.5. The maximum Gasteiger partial charge on any atom is 0.338 e. The van der Waals surface area contributed by atoms with Gasteiger partial charge in [-0.3, -0.25) is 9.36 Å². The zero-order valence-electron chi connectivity index (χ0n) is 18.1. The maximum absolute atomic E-state index is 13.6. The molecule has 34 heavy (non-hydrogen) atoms. The lowest BCUT2D eigenvalue weighted by Crippen LogP contribution is -2.39. The van der Waals surface area contributed by atoms with Crippen LogP contribution in [0.2, 0.25) is 10.0 Å². The van der Waals surface area contributed by atoms with E-state index in [1.54, 1.807) is 50.3 Å². The molecule has 0 saturated heterocycles. The van der Waals surface area contributed by atoms with Crippen LogP contribution in [-0.2, 0) is 9.53 Å². The van der Waals surface area contributed by atoms with Gasteiger partial charge in [-0.1, -0.05) is 46.7 Å². The fourth-order valence-corrected chi connectivity index (χ4v) is 5.45. The van der Waals surface area contributed by atoms with E-state index in [1.165, 1.54) is 15.9 Å². The summed E-state index contributed by atoms with van der Waals surface area (Å²) in [6.07, 6.45) is 1.70. The van der Waals surface area contributed by atoms with Gasteiger partial charge >= 0.3 is 5.97 Å². The van der Waals surface area contributed by atoms with Crippen LogP contribution in [0.1, 0.15) is 31.0 Å². The minimum absolute atomic E-state index is 0.114. The Kier molecular flexibility index (Phi) is 5.97. The first-order valence-electron chi connectivity index (χ1n) is 10.4. The van der Waals surface area contributed by atoms with E-state index in [4.69, 9.17) is 37.4 Å². The predicted molar refractivity (Wildman–Crippen MR) is 129 cm³/mol. The van der Waals surface area contributed by atoms with Gasteiger partial charge in [0.2, 0.25) is 6.79 Å². The summed E-state index contributed by atoms with van der Waals surface area (Å²) in [7, 11) is 0. The molecule has 0 spiro atoms. The van der Waals surface area contributed by atoms with Crippen LogP contribution in [0.25, 0.3) is 6.08 Å². The van der Waals surface area contributed by atoms with Crippen molar-refractivity contribution in [3.8, 4) is 11.5 Å². The molecule has 0 amide bonds. The monoisotopic (exact) mass is 516 g/mol. The molecule has 1 unspecified atom stereocenters. The number of hydrogen-bond donors (Lipinski definition) is 0. The number of halogens is 2.